The summed E-state index contributed by atoms with van der Waals surface area (Å²) in [6, 6.07) is 0. The summed E-state index contributed by atoms with van der Waals surface area (Å²) in [4.78, 5) is 11.4. The van der Waals surface area contributed by atoms with Gasteiger partial charge >= 0.3 is 0 Å². The number of nitrogens with one attached hydrogen (secondary N) is 1. The third-order valence-corrected chi connectivity index (χ3v) is 2.25. The zero-order chi connectivity index (χ0) is 11.9. The Morgan fingerprint density at radius 3 is 2.13 bits per heavy atom. The maximum absolute atomic E-state index is 11.4. The van der Waals surface area contributed by atoms with Gasteiger partial charge in [0.25, 0.3) is 0 Å². The fourth-order valence-corrected chi connectivity index (χ4v) is 1.02. The minimum atomic E-state index is -1.34. The van der Waals surface area contributed by atoms with E-state index in [0.29, 0.717) is 6.54 Å². The topological polar surface area (TPSA) is 116 Å². The van der Waals surface area contributed by atoms with Gasteiger partial charge in [-0.2, -0.15) is 0 Å². The summed E-state index contributed by atoms with van der Waals surface area (Å²) in [7, 11) is 0. The first-order valence-electron chi connectivity index (χ1n) is 4.87. The SMILES string of the molecule is CC(CN)CC(=O)NC(CO)(CO)CO. The minimum Gasteiger partial charge on any atom is -0.394 e. The van der Waals surface area contributed by atoms with E-state index in [1.165, 1.54) is 0 Å². The number of carbonyl (C=O) groups excluding carboxylic acids is 1. The number of nitrogens with two attached hydrogens (primary N) is 1. The first-order chi connectivity index (χ1) is 7.03. The lowest BCUT2D eigenvalue weighted by molar-refractivity contribution is -0.126. The van der Waals surface area contributed by atoms with Crippen LogP contribution in [0, 0.1) is 5.92 Å². The van der Waals surface area contributed by atoms with Crippen molar-refractivity contribution in [1.82, 2.24) is 5.32 Å². The molecular weight excluding hydrogens is 200 g/mol. The molecule has 0 fully saturated rings. The molecule has 6 N–H and O–H groups in total. The largest absolute Gasteiger partial charge is 0.394 e. The molecule has 0 aliphatic heterocycles. The van der Waals surface area contributed by atoms with Crippen molar-refractivity contribution < 1.29 is 20.1 Å². The maximum atomic E-state index is 11.4. The molecule has 0 saturated heterocycles. The molecule has 0 bridgehead atoms. The van der Waals surface area contributed by atoms with Crippen LogP contribution in [0.4, 0.5) is 0 Å². The summed E-state index contributed by atoms with van der Waals surface area (Å²) in [6.07, 6.45) is 0.207. The van der Waals surface area contributed by atoms with E-state index in [1.54, 1.807) is 0 Å². The summed E-state index contributed by atoms with van der Waals surface area (Å²) in [5.41, 5.74) is 4.01. The molecule has 90 valence electrons. The second-order valence-corrected chi connectivity index (χ2v) is 3.85. The van der Waals surface area contributed by atoms with Crippen molar-refractivity contribution in [3.05, 3.63) is 0 Å². The average molecular weight is 220 g/mol. The lowest BCUT2D eigenvalue weighted by Crippen LogP contribution is -2.57. The third kappa shape index (κ3) is 4.57. The average Bonchev–Trinajstić information content (AvgIpc) is 2.26. The van der Waals surface area contributed by atoms with E-state index in [-0.39, 0.29) is 18.2 Å². The molecule has 1 atom stereocenters. The molecule has 0 aliphatic rings. The van der Waals surface area contributed by atoms with Crippen LogP contribution in [0.2, 0.25) is 0 Å². The summed E-state index contributed by atoms with van der Waals surface area (Å²) in [6.45, 7) is 0.671. The van der Waals surface area contributed by atoms with Gasteiger partial charge < -0.3 is 26.4 Å². The Labute approximate surface area is 89.1 Å². The quantitative estimate of drug-likeness (QED) is 0.334. The van der Waals surface area contributed by atoms with E-state index < -0.39 is 25.4 Å². The monoisotopic (exact) mass is 220 g/mol. The Bertz CT molecular complexity index is 186. The number of hydrogen-bond acceptors (Lipinski definition) is 5. The van der Waals surface area contributed by atoms with E-state index in [0.717, 1.165) is 0 Å². The van der Waals surface area contributed by atoms with E-state index in [4.69, 9.17) is 21.1 Å². The van der Waals surface area contributed by atoms with Gasteiger partial charge in [0.15, 0.2) is 0 Å². The van der Waals surface area contributed by atoms with E-state index in [1.807, 2.05) is 6.92 Å². The van der Waals surface area contributed by atoms with E-state index in [2.05, 4.69) is 5.32 Å². The molecule has 0 aromatic rings. The highest BCUT2D eigenvalue weighted by Gasteiger charge is 2.29. The second-order valence-electron chi connectivity index (χ2n) is 3.85. The smallest absolute Gasteiger partial charge is 0.220 e. The van der Waals surface area contributed by atoms with Crippen molar-refractivity contribution in [3.8, 4) is 0 Å². The van der Waals surface area contributed by atoms with Crippen molar-refractivity contribution in [1.29, 1.82) is 0 Å². The first kappa shape index (κ1) is 14.3. The highest BCUT2D eigenvalue weighted by Crippen LogP contribution is 2.05. The maximum Gasteiger partial charge on any atom is 0.220 e. The number of carbonyl (C=O) groups is 1. The number of hydrogen-bond donors (Lipinski definition) is 5. The van der Waals surface area contributed by atoms with Gasteiger partial charge in [0.05, 0.1) is 19.8 Å². The van der Waals surface area contributed by atoms with Crippen LogP contribution in [-0.4, -0.2) is 53.1 Å². The van der Waals surface area contributed by atoms with E-state index in [9.17, 15) is 4.79 Å². The molecule has 15 heavy (non-hydrogen) atoms. The summed E-state index contributed by atoms with van der Waals surface area (Å²) in [5, 5.41) is 29.3. The van der Waals surface area contributed by atoms with Gasteiger partial charge in [-0.3, -0.25) is 4.79 Å². The molecule has 0 spiro atoms. The van der Waals surface area contributed by atoms with Crippen LogP contribution in [0.5, 0.6) is 0 Å². The first-order valence-corrected chi connectivity index (χ1v) is 4.87. The third-order valence-electron chi connectivity index (χ3n) is 2.25. The highest BCUT2D eigenvalue weighted by molar-refractivity contribution is 5.77. The van der Waals surface area contributed by atoms with Crippen molar-refractivity contribution in [3.63, 3.8) is 0 Å². The summed E-state index contributed by atoms with van der Waals surface area (Å²) in [5.74, 6) is -0.316. The van der Waals surface area contributed by atoms with Crippen molar-refractivity contribution >= 4 is 5.91 Å². The van der Waals surface area contributed by atoms with Gasteiger partial charge in [-0.1, -0.05) is 6.92 Å². The Hall–Kier alpha value is -0.690. The van der Waals surface area contributed by atoms with Gasteiger partial charge in [0.2, 0.25) is 5.91 Å². The van der Waals surface area contributed by atoms with Crippen LogP contribution >= 0.6 is 0 Å². The molecule has 0 rings (SSSR count). The van der Waals surface area contributed by atoms with Crippen LogP contribution in [0.3, 0.4) is 0 Å². The van der Waals surface area contributed by atoms with Crippen LogP contribution in [0.15, 0.2) is 0 Å². The lowest BCUT2D eigenvalue weighted by Gasteiger charge is -2.29. The molecule has 1 unspecified atom stereocenters. The van der Waals surface area contributed by atoms with Gasteiger partial charge in [0.1, 0.15) is 5.54 Å². The summed E-state index contributed by atoms with van der Waals surface area (Å²) < 4.78 is 0. The zero-order valence-electron chi connectivity index (χ0n) is 8.94. The lowest BCUT2D eigenvalue weighted by atomic mass is 10.0. The number of amides is 1. The van der Waals surface area contributed by atoms with Gasteiger partial charge in [-0.15, -0.1) is 0 Å². The molecular formula is C9H20N2O4. The van der Waals surface area contributed by atoms with Crippen LogP contribution < -0.4 is 11.1 Å². The number of aliphatic hydroxyl groups is 3. The standard InChI is InChI=1S/C9H20N2O4/c1-7(3-10)2-8(15)11-9(4-12,5-13)6-14/h7,12-14H,2-6,10H2,1H3,(H,11,15). The predicted molar refractivity (Wildman–Crippen MR) is 55.0 cm³/mol. The number of rotatable bonds is 7. The van der Waals surface area contributed by atoms with Crippen LogP contribution in [-0.2, 0) is 4.79 Å². The number of aliphatic hydroxyl groups excluding tert-OH is 3. The Morgan fingerprint density at radius 1 is 1.33 bits per heavy atom. The fraction of sp³-hybridized carbons (Fsp3) is 0.889. The molecule has 0 aromatic heterocycles. The Balaban J connectivity index is 4.23. The minimum absolute atomic E-state index is 0.0266. The zero-order valence-corrected chi connectivity index (χ0v) is 8.94. The van der Waals surface area contributed by atoms with Crippen molar-refractivity contribution in [2.45, 2.75) is 18.9 Å². The molecule has 0 radical (unpaired) electrons. The van der Waals surface area contributed by atoms with Crippen molar-refractivity contribution in [2.75, 3.05) is 26.4 Å². The summed E-state index contributed by atoms with van der Waals surface area (Å²) >= 11 is 0. The molecule has 0 heterocycles. The molecule has 0 aliphatic carbocycles. The Kier molecular flexibility index (Phi) is 6.42. The normalized spacial score (nSPS) is 13.7. The van der Waals surface area contributed by atoms with Crippen LogP contribution in [0.25, 0.3) is 0 Å². The van der Waals surface area contributed by atoms with Gasteiger partial charge in [-0.05, 0) is 12.5 Å². The second kappa shape index (κ2) is 6.73. The molecule has 1 amide bonds. The molecule has 0 aromatic carbocycles. The van der Waals surface area contributed by atoms with Crippen molar-refractivity contribution in [2.24, 2.45) is 11.7 Å². The van der Waals surface area contributed by atoms with E-state index >= 15 is 0 Å². The van der Waals surface area contributed by atoms with Gasteiger partial charge in [-0.25, -0.2) is 0 Å². The Morgan fingerprint density at radius 2 is 1.80 bits per heavy atom. The molecule has 6 nitrogen and oxygen atoms in total. The highest BCUT2D eigenvalue weighted by atomic mass is 16.3. The van der Waals surface area contributed by atoms with Crippen LogP contribution in [0.1, 0.15) is 13.3 Å². The predicted octanol–water partition coefficient (Wildman–Crippen LogP) is -2.20. The van der Waals surface area contributed by atoms with Gasteiger partial charge in [0, 0.05) is 6.42 Å². The fourth-order valence-electron chi connectivity index (χ4n) is 1.02. The molecule has 0 saturated carbocycles. The molecule has 6 heteroatoms.